The number of rotatable bonds is 4. The average molecular weight is 396 g/mol. The van der Waals surface area contributed by atoms with E-state index in [0.29, 0.717) is 17.3 Å². The van der Waals surface area contributed by atoms with Gasteiger partial charge in [-0.2, -0.15) is 0 Å². The highest BCUT2D eigenvalue weighted by Gasteiger charge is 2.39. The molecule has 0 fully saturated rings. The maximum atomic E-state index is 11.8. The molecule has 1 unspecified atom stereocenters. The fourth-order valence-corrected chi connectivity index (χ4v) is 4.34. The van der Waals surface area contributed by atoms with Crippen LogP contribution >= 0.6 is 11.6 Å². The molecule has 1 atom stereocenters. The van der Waals surface area contributed by atoms with Gasteiger partial charge in [0.15, 0.2) is 6.10 Å². The minimum Gasteiger partial charge on any atom is -0.479 e. The summed E-state index contributed by atoms with van der Waals surface area (Å²) in [6.07, 6.45) is -0.791. The van der Waals surface area contributed by atoms with Crippen molar-refractivity contribution >= 4 is 17.6 Å². The summed E-state index contributed by atoms with van der Waals surface area (Å²) in [4.78, 5) is 11.8. The van der Waals surface area contributed by atoms with Crippen molar-refractivity contribution < 1.29 is 15.0 Å². The molecule has 2 heterocycles. The van der Waals surface area contributed by atoms with Gasteiger partial charge in [-0.15, -0.1) is 0 Å². The van der Waals surface area contributed by atoms with Gasteiger partial charge in [-0.3, -0.25) is 0 Å². The third-order valence-corrected chi connectivity index (χ3v) is 5.58. The summed E-state index contributed by atoms with van der Waals surface area (Å²) in [5.41, 5.74) is 5.11. The second-order valence-electron chi connectivity index (χ2n) is 8.12. The second-order valence-corrected chi connectivity index (χ2v) is 8.56. The first-order valence-electron chi connectivity index (χ1n) is 9.26. The van der Waals surface area contributed by atoms with Crippen LogP contribution in [0.4, 0.5) is 0 Å². The van der Waals surface area contributed by atoms with Crippen molar-refractivity contribution in [2.24, 2.45) is 5.41 Å². The summed E-state index contributed by atoms with van der Waals surface area (Å²) in [5.74, 6) is -1.25. The van der Waals surface area contributed by atoms with Gasteiger partial charge in [0, 0.05) is 28.4 Å². The summed E-state index contributed by atoms with van der Waals surface area (Å²) in [7, 11) is 0. The Morgan fingerprint density at radius 3 is 2.25 bits per heavy atom. The number of benzene rings is 2. The Bertz CT molecular complexity index is 1040. The molecule has 2 aromatic carbocycles. The van der Waals surface area contributed by atoms with E-state index in [4.69, 9.17) is 11.6 Å². The third kappa shape index (κ3) is 3.13. The van der Waals surface area contributed by atoms with E-state index >= 15 is 0 Å². The van der Waals surface area contributed by atoms with Crippen LogP contribution in [-0.2, 0) is 17.8 Å². The highest BCUT2D eigenvalue weighted by molar-refractivity contribution is 6.30. The van der Waals surface area contributed by atoms with Gasteiger partial charge in [0.1, 0.15) is 0 Å². The second kappa shape index (κ2) is 6.80. The predicted octanol–water partition coefficient (Wildman–Crippen LogP) is 5.18. The number of halogens is 1. The maximum Gasteiger partial charge on any atom is 0.338 e. The molecule has 0 spiro atoms. The van der Waals surface area contributed by atoms with Crippen molar-refractivity contribution in [3.63, 3.8) is 0 Å². The first-order chi connectivity index (χ1) is 13.3. The van der Waals surface area contributed by atoms with Crippen molar-refractivity contribution in [3.8, 4) is 22.3 Å². The zero-order valence-corrected chi connectivity index (χ0v) is 16.6. The molecule has 0 saturated carbocycles. The smallest absolute Gasteiger partial charge is 0.338 e. The molecule has 4 rings (SSSR count). The highest BCUT2D eigenvalue weighted by Crippen LogP contribution is 2.48. The van der Waals surface area contributed by atoms with Crippen LogP contribution in [0.2, 0.25) is 5.02 Å². The number of hydrogen-bond acceptors (Lipinski definition) is 2. The SMILES string of the molecule is CC1(C)Cc2c(-c3ccccc3)c(-c3ccc(Cl)cc3)c(C(O)C(=O)O)n2C1. The zero-order valence-electron chi connectivity index (χ0n) is 15.8. The Kier molecular flexibility index (Phi) is 4.56. The maximum absolute atomic E-state index is 11.8. The van der Waals surface area contributed by atoms with Gasteiger partial charge < -0.3 is 14.8 Å². The van der Waals surface area contributed by atoms with Gasteiger partial charge in [-0.25, -0.2) is 4.79 Å². The Morgan fingerprint density at radius 1 is 1.04 bits per heavy atom. The lowest BCUT2D eigenvalue weighted by Gasteiger charge is -2.20. The first kappa shape index (κ1) is 18.8. The third-order valence-electron chi connectivity index (χ3n) is 5.33. The lowest BCUT2D eigenvalue weighted by molar-refractivity contribution is -0.147. The number of nitrogens with zero attached hydrogens (tertiary/aromatic N) is 1. The van der Waals surface area contributed by atoms with Crippen molar-refractivity contribution in [3.05, 3.63) is 71.0 Å². The molecule has 144 valence electrons. The number of aliphatic hydroxyl groups is 1. The minimum absolute atomic E-state index is 0.00956. The van der Waals surface area contributed by atoms with Crippen LogP contribution in [0, 0.1) is 5.41 Å². The van der Waals surface area contributed by atoms with Crippen molar-refractivity contribution in [2.75, 3.05) is 0 Å². The molecule has 3 aromatic rings. The van der Waals surface area contributed by atoms with Crippen LogP contribution in [-0.4, -0.2) is 20.7 Å². The molecule has 0 aliphatic carbocycles. The van der Waals surface area contributed by atoms with E-state index in [0.717, 1.165) is 34.4 Å². The molecule has 0 saturated heterocycles. The summed E-state index contributed by atoms with van der Waals surface area (Å²) < 4.78 is 2.01. The summed E-state index contributed by atoms with van der Waals surface area (Å²) >= 11 is 6.07. The number of fused-ring (bicyclic) bond motifs is 1. The van der Waals surface area contributed by atoms with Crippen LogP contribution in [0.15, 0.2) is 54.6 Å². The Morgan fingerprint density at radius 2 is 1.64 bits per heavy atom. The number of carbonyl (C=O) groups is 1. The molecule has 5 heteroatoms. The number of aromatic nitrogens is 1. The molecular weight excluding hydrogens is 374 g/mol. The lowest BCUT2D eigenvalue weighted by atomic mass is 9.86. The zero-order chi connectivity index (χ0) is 20.1. The van der Waals surface area contributed by atoms with E-state index in [2.05, 4.69) is 13.8 Å². The molecule has 0 radical (unpaired) electrons. The molecule has 0 amide bonds. The average Bonchev–Trinajstić information content (AvgIpc) is 3.12. The van der Waals surface area contributed by atoms with E-state index in [-0.39, 0.29) is 5.41 Å². The Hall–Kier alpha value is -2.56. The fraction of sp³-hybridized carbons (Fsp3) is 0.261. The first-order valence-corrected chi connectivity index (χ1v) is 9.64. The van der Waals surface area contributed by atoms with Crippen LogP contribution < -0.4 is 0 Å². The van der Waals surface area contributed by atoms with Crippen LogP contribution in [0.25, 0.3) is 22.3 Å². The largest absolute Gasteiger partial charge is 0.479 e. The lowest BCUT2D eigenvalue weighted by Crippen LogP contribution is -2.19. The predicted molar refractivity (Wildman–Crippen MR) is 110 cm³/mol. The van der Waals surface area contributed by atoms with Crippen LogP contribution in [0.1, 0.15) is 31.3 Å². The van der Waals surface area contributed by atoms with Crippen molar-refractivity contribution in [1.29, 1.82) is 0 Å². The molecule has 2 N–H and O–H groups in total. The number of aliphatic hydroxyl groups excluding tert-OH is 1. The molecule has 1 aliphatic heterocycles. The Balaban J connectivity index is 2.08. The summed E-state index contributed by atoms with van der Waals surface area (Å²) in [6.45, 7) is 4.98. The molecule has 1 aromatic heterocycles. The number of hydrogen-bond donors (Lipinski definition) is 2. The standard InChI is InChI=1S/C23H22ClNO3/c1-23(2)12-17-18(14-6-4-3-5-7-14)19(15-8-10-16(24)11-9-15)20(25(17)13-23)21(26)22(27)28/h3-11,21,26H,12-13H2,1-2H3,(H,27,28). The fourth-order valence-electron chi connectivity index (χ4n) is 4.22. The molecule has 0 bridgehead atoms. The summed E-state index contributed by atoms with van der Waals surface area (Å²) in [5, 5.41) is 20.9. The molecule has 28 heavy (non-hydrogen) atoms. The van der Waals surface area contributed by atoms with Crippen LogP contribution in [0.5, 0.6) is 0 Å². The minimum atomic E-state index is -1.60. The van der Waals surface area contributed by atoms with Gasteiger partial charge in [0.25, 0.3) is 0 Å². The topological polar surface area (TPSA) is 62.5 Å². The molecule has 4 nitrogen and oxygen atoms in total. The van der Waals surface area contributed by atoms with Crippen molar-refractivity contribution in [1.82, 2.24) is 4.57 Å². The number of carboxylic acids is 1. The van der Waals surface area contributed by atoms with Crippen LogP contribution in [0.3, 0.4) is 0 Å². The van der Waals surface area contributed by atoms with E-state index < -0.39 is 12.1 Å². The van der Waals surface area contributed by atoms with E-state index in [9.17, 15) is 15.0 Å². The van der Waals surface area contributed by atoms with Gasteiger partial charge >= 0.3 is 5.97 Å². The molecule has 1 aliphatic rings. The highest BCUT2D eigenvalue weighted by atomic mass is 35.5. The van der Waals surface area contributed by atoms with E-state index in [1.807, 2.05) is 47.0 Å². The number of aliphatic carboxylic acids is 1. The van der Waals surface area contributed by atoms with E-state index in [1.165, 1.54) is 0 Å². The summed E-state index contributed by atoms with van der Waals surface area (Å²) in [6, 6.07) is 17.3. The van der Waals surface area contributed by atoms with Gasteiger partial charge in [0.05, 0.1) is 5.69 Å². The van der Waals surface area contributed by atoms with Gasteiger partial charge in [0.2, 0.25) is 0 Å². The van der Waals surface area contributed by atoms with Gasteiger partial charge in [-0.1, -0.05) is 67.9 Å². The molecular formula is C23H22ClNO3. The van der Waals surface area contributed by atoms with E-state index in [1.54, 1.807) is 12.1 Å². The Labute approximate surface area is 169 Å². The quantitative estimate of drug-likeness (QED) is 0.640. The van der Waals surface area contributed by atoms with Crippen molar-refractivity contribution in [2.45, 2.75) is 32.9 Å². The van der Waals surface area contributed by atoms with Gasteiger partial charge in [-0.05, 0) is 35.1 Å². The normalized spacial score (nSPS) is 16.0. The monoisotopic (exact) mass is 395 g/mol. The number of carboxylic acid groups (broad SMARTS) is 1.